The fourth-order valence-corrected chi connectivity index (χ4v) is 4.92. The maximum absolute atomic E-state index is 13.2. The van der Waals surface area contributed by atoms with Gasteiger partial charge in [-0.3, -0.25) is 4.79 Å². The molecule has 0 radical (unpaired) electrons. The lowest BCUT2D eigenvalue weighted by Gasteiger charge is -2.35. The molecule has 0 spiro atoms. The van der Waals surface area contributed by atoms with Gasteiger partial charge >= 0.3 is 0 Å². The summed E-state index contributed by atoms with van der Waals surface area (Å²) in [4.78, 5) is 14.9. The van der Waals surface area contributed by atoms with Crippen molar-refractivity contribution in [2.45, 2.75) is 71.4 Å². The van der Waals surface area contributed by atoms with Gasteiger partial charge in [0.2, 0.25) is 5.91 Å². The molecule has 1 saturated heterocycles. The number of rotatable bonds is 5. The normalized spacial score (nSPS) is 18.7. The van der Waals surface area contributed by atoms with Crippen LogP contribution in [0.1, 0.15) is 61.9 Å². The number of nitrogens with one attached hydrogen (secondary N) is 1. The van der Waals surface area contributed by atoms with E-state index in [9.17, 15) is 9.18 Å². The van der Waals surface area contributed by atoms with Crippen LogP contribution in [-0.4, -0.2) is 39.7 Å². The Morgan fingerprint density at radius 1 is 1.07 bits per heavy atom. The quantitative estimate of drug-likeness (QED) is 0.797. The molecule has 1 aliphatic heterocycles. The number of carbonyl (C=O) groups is 1. The number of likely N-dealkylation sites (tertiary alicyclic amines) is 1. The minimum absolute atomic E-state index is 0.240. The lowest BCUT2D eigenvalue weighted by atomic mass is 9.87. The average molecular weight is 413 g/mol. The van der Waals surface area contributed by atoms with Crippen LogP contribution in [0.15, 0.2) is 24.3 Å². The lowest BCUT2D eigenvalue weighted by Crippen LogP contribution is -2.46. The highest BCUT2D eigenvalue weighted by atomic mass is 19.1. The van der Waals surface area contributed by atoms with Crippen molar-refractivity contribution >= 4 is 5.91 Å². The van der Waals surface area contributed by atoms with Crippen LogP contribution in [0, 0.1) is 25.6 Å². The number of amides is 1. The van der Waals surface area contributed by atoms with Gasteiger partial charge in [0.15, 0.2) is 0 Å². The number of hydrogen-bond donors (Lipinski definition) is 1. The van der Waals surface area contributed by atoms with E-state index >= 15 is 0 Å². The molecule has 4 rings (SSSR count). The maximum Gasteiger partial charge on any atom is 0.225 e. The third-order valence-corrected chi connectivity index (χ3v) is 6.84. The highest BCUT2D eigenvalue weighted by molar-refractivity contribution is 5.79. The van der Waals surface area contributed by atoms with Gasteiger partial charge in [0, 0.05) is 42.9 Å². The Morgan fingerprint density at radius 2 is 1.73 bits per heavy atom. The molecule has 162 valence electrons. The molecular formula is C24H33FN4O. The van der Waals surface area contributed by atoms with Gasteiger partial charge in [-0.15, -0.1) is 0 Å². The molecule has 1 saturated carbocycles. The first-order valence-electron chi connectivity index (χ1n) is 11.4. The Kier molecular flexibility index (Phi) is 6.52. The van der Waals surface area contributed by atoms with Gasteiger partial charge in [-0.25, -0.2) is 9.07 Å². The second-order valence-corrected chi connectivity index (χ2v) is 8.85. The molecule has 0 bridgehead atoms. The first kappa shape index (κ1) is 21.0. The standard InChI is InChI=1S/C24H33FN4O/c1-17-23(18(2)29(27-17)22-10-8-20(25)9-11-22)16-26-21-12-14-28(15-13-21)24(30)19-6-4-3-5-7-19/h8-11,19,21,26H,3-7,12-16H2,1-2H3. The largest absolute Gasteiger partial charge is 0.342 e. The molecule has 0 atom stereocenters. The molecule has 2 aromatic rings. The molecule has 0 unspecified atom stereocenters. The molecular weight excluding hydrogens is 379 g/mol. The summed E-state index contributed by atoms with van der Waals surface area (Å²) in [5, 5.41) is 8.34. The molecule has 1 N–H and O–H groups in total. The number of benzene rings is 1. The number of carbonyl (C=O) groups excluding carboxylic acids is 1. The van der Waals surface area contributed by atoms with Gasteiger partial charge in [0.1, 0.15) is 5.82 Å². The molecule has 1 aromatic carbocycles. The van der Waals surface area contributed by atoms with E-state index in [0.717, 1.165) is 62.4 Å². The molecule has 2 aliphatic rings. The first-order valence-corrected chi connectivity index (χ1v) is 11.4. The molecule has 6 heteroatoms. The Hall–Kier alpha value is -2.21. The van der Waals surface area contributed by atoms with Crippen molar-refractivity contribution in [2.24, 2.45) is 5.92 Å². The summed E-state index contributed by atoms with van der Waals surface area (Å²) in [6.07, 6.45) is 7.86. The summed E-state index contributed by atoms with van der Waals surface area (Å²) in [5.74, 6) is 0.418. The van der Waals surface area contributed by atoms with Gasteiger partial charge in [0.25, 0.3) is 0 Å². The fraction of sp³-hybridized carbons (Fsp3) is 0.583. The molecule has 2 heterocycles. The van der Waals surface area contributed by atoms with Crippen LogP contribution in [0.25, 0.3) is 5.69 Å². The molecule has 2 fully saturated rings. The maximum atomic E-state index is 13.2. The molecule has 1 aliphatic carbocycles. The predicted molar refractivity (Wildman–Crippen MR) is 116 cm³/mol. The lowest BCUT2D eigenvalue weighted by molar-refractivity contribution is -0.137. The number of piperidine rings is 1. The monoisotopic (exact) mass is 412 g/mol. The molecule has 5 nitrogen and oxygen atoms in total. The Bertz CT molecular complexity index is 862. The summed E-state index contributed by atoms with van der Waals surface area (Å²) >= 11 is 0. The highest BCUT2D eigenvalue weighted by Crippen LogP contribution is 2.27. The van der Waals surface area contributed by atoms with Gasteiger partial charge < -0.3 is 10.2 Å². The van der Waals surface area contributed by atoms with Crippen LogP contribution in [0.3, 0.4) is 0 Å². The topological polar surface area (TPSA) is 50.2 Å². The van der Waals surface area contributed by atoms with Crippen LogP contribution in [0.4, 0.5) is 4.39 Å². The number of halogens is 1. The van der Waals surface area contributed by atoms with E-state index in [4.69, 9.17) is 0 Å². The SMILES string of the molecule is Cc1nn(-c2ccc(F)cc2)c(C)c1CNC1CCN(C(=O)C2CCCCC2)CC1. The van der Waals surface area contributed by atoms with E-state index in [1.165, 1.54) is 37.0 Å². The van der Waals surface area contributed by atoms with E-state index in [1.54, 1.807) is 12.1 Å². The summed E-state index contributed by atoms with van der Waals surface area (Å²) in [5.41, 5.74) is 4.14. The van der Waals surface area contributed by atoms with Gasteiger partial charge in [-0.05, 0) is 63.8 Å². The van der Waals surface area contributed by atoms with Crippen molar-refractivity contribution in [3.05, 3.63) is 47.0 Å². The fourth-order valence-electron chi connectivity index (χ4n) is 4.92. The Labute approximate surface area is 178 Å². The number of aromatic nitrogens is 2. The van der Waals surface area contributed by atoms with Crippen molar-refractivity contribution < 1.29 is 9.18 Å². The summed E-state index contributed by atoms with van der Waals surface area (Å²) in [6, 6.07) is 6.86. The zero-order chi connectivity index (χ0) is 21.1. The van der Waals surface area contributed by atoms with Crippen molar-refractivity contribution in [1.29, 1.82) is 0 Å². The highest BCUT2D eigenvalue weighted by Gasteiger charge is 2.29. The average Bonchev–Trinajstić information content (AvgIpc) is 3.06. The minimum Gasteiger partial charge on any atom is -0.342 e. The summed E-state index contributed by atoms with van der Waals surface area (Å²) in [7, 11) is 0. The number of aryl methyl sites for hydroxylation is 1. The van der Waals surface area contributed by atoms with Crippen LogP contribution in [0.5, 0.6) is 0 Å². The van der Waals surface area contributed by atoms with E-state index in [1.807, 2.05) is 11.6 Å². The Balaban J connectivity index is 1.31. The van der Waals surface area contributed by atoms with E-state index < -0.39 is 0 Å². The Morgan fingerprint density at radius 3 is 2.40 bits per heavy atom. The van der Waals surface area contributed by atoms with Crippen molar-refractivity contribution in [2.75, 3.05) is 13.1 Å². The summed E-state index contributed by atoms with van der Waals surface area (Å²) in [6.45, 7) is 6.57. The van der Waals surface area contributed by atoms with Crippen molar-refractivity contribution in [3.8, 4) is 5.69 Å². The summed E-state index contributed by atoms with van der Waals surface area (Å²) < 4.78 is 15.1. The number of nitrogens with zero attached hydrogens (tertiary/aromatic N) is 3. The van der Waals surface area contributed by atoms with Crippen molar-refractivity contribution in [3.63, 3.8) is 0 Å². The zero-order valence-electron chi connectivity index (χ0n) is 18.2. The first-order chi connectivity index (χ1) is 14.5. The third-order valence-electron chi connectivity index (χ3n) is 6.84. The van der Waals surface area contributed by atoms with E-state index in [-0.39, 0.29) is 11.7 Å². The smallest absolute Gasteiger partial charge is 0.225 e. The van der Waals surface area contributed by atoms with Crippen molar-refractivity contribution in [1.82, 2.24) is 20.0 Å². The van der Waals surface area contributed by atoms with Crippen LogP contribution >= 0.6 is 0 Å². The van der Waals surface area contributed by atoms with Crippen LogP contribution < -0.4 is 5.32 Å². The number of hydrogen-bond acceptors (Lipinski definition) is 3. The van der Waals surface area contributed by atoms with Gasteiger partial charge in [-0.2, -0.15) is 5.10 Å². The van der Waals surface area contributed by atoms with Gasteiger partial charge in [-0.1, -0.05) is 19.3 Å². The molecule has 1 amide bonds. The third kappa shape index (κ3) is 4.59. The van der Waals surface area contributed by atoms with E-state index in [2.05, 4.69) is 22.2 Å². The van der Waals surface area contributed by atoms with Gasteiger partial charge in [0.05, 0.1) is 11.4 Å². The second-order valence-electron chi connectivity index (χ2n) is 8.85. The molecule has 30 heavy (non-hydrogen) atoms. The van der Waals surface area contributed by atoms with Crippen LogP contribution in [-0.2, 0) is 11.3 Å². The minimum atomic E-state index is -0.240. The molecule has 1 aromatic heterocycles. The van der Waals surface area contributed by atoms with E-state index in [0.29, 0.717) is 11.9 Å². The zero-order valence-corrected chi connectivity index (χ0v) is 18.2. The predicted octanol–water partition coefficient (Wildman–Crippen LogP) is 4.29. The second kappa shape index (κ2) is 9.29. The van der Waals surface area contributed by atoms with Crippen LogP contribution in [0.2, 0.25) is 0 Å².